The predicted molar refractivity (Wildman–Crippen MR) is 65.1 cm³/mol. The lowest BCUT2D eigenvalue weighted by molar-refractivity contribution is 0.644. The molecule has 0 saturated heterocycles. The van der Waals surface area contributed by atoms with Crippen molar-refractivity contribution in [1.82, 2.24) is 0 Å². The van der Waals surface area contributed by atoms with Crippen molar-refractivity contribution in [1.29, 1.82) is 0 Å². The number of benzene rings is 1. The third-order valence-corrected chi connectivity index (χ3v) is 3.36. The van der Waals surface area contributed by atoms with Crippen molar-refractivity contribution < 1.29 is 0 Å². The van der Waals surface area contributed by atoms with Crippen LogP contribution >= 0.6 is 0 Å². The standard InChI is InChI=1S/C14H21N/c1-11(15)9-10-13-7-4-6-12-5-2-3-8-14(12)13/h4,6-7,11H,2-3,5,8-10,15H2,1H3/t11-/m1/s1. The number of aryl methyl sites for hydroxylation is 2. The van der Waals surface area contributed by atoms with Crippen molar-refractivity contribution in [3.05, 3.63) is 34.9 Å². The number of rotatable bonds is 3. The molecule has 1 aromatic rings. The first kappa shape index (κ1) is 10.7. The Morgan fingerprint density at radius 3 is 2.87 bits per heavy atom. The fourth-order valence-corrected chi connectivity index (χ4v) is 2.48. The lowest BCUT2D eigenvalue weighted by Gasteiger charge is -2.19. The molecule has 0 unspecified atom stereocenters. The molecule has 0 saturated carbocycles. The van der Waals surface area contributed by atoms with Gasteiger partial charge in [-0.3, -0.25) is 0 Å². The van der Waals surface area contributed by atoms with E-state index in [1.807, 2.05) is 0 Å². The maximum absolute atomic E-state index is 5.82. The van der Waals surface area contributed by atoms with E-state index in [4.69, 9.17) is 5.73 Å². The van der Waals surface area contributed by atoms with Crippen LogP contribution in [0.15, 0.2) is 18.2 Å². The molecule has 1 nitrogen and oxygen atoms in total. The van der Waals surface area contributed by atoms with Crippen LogP contribution in [0.25, 0.3) is 0 Å². The molecule has 2 rings (SSSR count). The average Bonchev–Trinajstić information content (AvgIpc) is 2.26. The first-order valence-corrected chi connectivity index (χ1v) is 6.12. The summed E-state index contributed by atoms with van der Waals surface area (Å²) in [5.41, 5.74) is 10.6. The SMILES string of the molecule is C[C@@H](N)CCc1cccc2c1CCCC2. The summed E-state index contributed by atoms with van der Waals surface area (Å²) in [6.07, 6.45) is 7.55. The van der Waals surface area contributed by atoms with E-state index in [-0.39, 0.29) is 0 Å². The second-order valence-corrected chi connectivity index (χ2v) is 4.78. The Bertz CT molecular complexity index is 328. The molecule has 0 aliphatic heterocycles. The van der Waals surface area contributed by atoms with E-state index >= 15 is 0 Å². The highest BCUT2D eigenvalue weighted by molar-refractivity contribution is 5.37. The molecule has 0 amide bonds. The summed E-state index contributed by atoms with van der Waals surface area (Å²) in [5, 5.41) is 0. The van der Waals surface area contributed by atoms with Crippen LogP contribution in [0, 0.1) is 0 Å². The van der Waals surface area contributed by atoms with Crippen molar-refractivity contribution in [2.45, 2.75) is 51.5 Å². The molecule has 1 aromatic carbocycles. The lowest BCUT2D eigenvalue weighted by Crippen LogP contribution is -2.16. The van der Waals surface area contributed by atoms with Gasteiger partial charge >= 0.3 is 0 Å². The van der Waals surface area contributed by atoms with E-state index in [0.29, 0.717) is 6.04 Å². The molecule has 1 atom stereocenters. The van der Waals surface area contributed by atoms with Crippen LogP contribution in [-0.4, -0.2) is 6.04 Å². The maximum atomic E-state index is 5.82. The third kappa shape index (κ3) is 2.60. The minimum absolute atomic E-state index is 0.324. The molecule has 0 heterocycles. The Morgan fingerprint density at radius 2 is 2.07 bits per heavy atom. The predicted octanol–water partition coefficient (Wildman–Crippen LogP) is 2.85. The summed E-state index contributed by atoms with van der Waals surface area (Å²) in [5.74, 6) is 0. The van der Waals surface area contributed by atoms with E-state index in [9.17, 15) is 0 Å². The Balaban J connectivity index is 2.16. The summed E-state index contributed by atoms with van der Waals surface area (Å²) in [4.78, 5) is 0. The molecule has 2 N–H and O–H groups in total. The van der Waals surface area contributed by atoms with E-state index in [1.54, 1.807) is 16.7 Å². The number of hydrogen-bond acceptors (Lipinski definition) is 1. The van der Waals surface area contributed by atoms with Gasteiger partial charge in [-0.05, 0) is 62.1 Å². The molecule has 1 aliphatic rings. The molecule has 1 heteroatoms. The van der Waals surface area contributed by atoms with Gasteiger partial charge in [0.1, 0.15) is 0 Å². The second kappa shape index (κ2) is 4.80. The first-order valence-electron chi connectivity index (χ1n) is 6.12. The molecule has 0 fully saturated rings. The number of nitrogens with two attached hydrogens (primary N) is 1. The van der Waals surface area contributed by atoms with Gasteiger partial charge in [-0.15, -0.1) is 0 Å². The fourth-order valence-electron chi connectivity index (χ4n) is 2.48. The summed E-state index contributed by atoms with van der Waals surface area (Å²) in [6, 6.07) is 7.11. The van der Waals surface area contributed by atoms with Gasteiger partial charge in [-0.1, -0.05) is 18.2 Å². The van der Waals surface area contributed by atoms with Crippen LogP contribution in [-0.2, 0) is 19.3 Å². The molecule has 15 heavy (non-hydrogen) atoms. The second-order valence-electron chi connectivity index (χ2n) is 4.78. The molecule has 0 bridgehead atoms. The monoisotopic (exact) mass is 203 g/mol. The van der Waals surface area contributed by atoms with Gasteiger partial charge in [0.25, 0.3) is 0 Å². The number of hydrogen-bond donors (Lipinski definition) is 1. The summed E-state index contributed by atoms with van der Waals surface area (Å²) in [6.45, 7) is 2.09. The van der Waals surface area contributed by atoms with Gasteiger partial charge < -0.3 is 5.73 Å². The molecule has 0 spiro atoms. The van der Waals surface area contributed by atoms with Crippen LogP contribution < -0.4 is 5.73 Å². The minimum atomic E-state index is 0.324. The molecule has 82 valence electrons. The Hall–Kier alpha value is -0.820. The van der Waals surface area contributed by atoms with Crippen LogP contribution in [0.3, 0.4) is 0 Å². The van der Waals surface area contributed by atoms with Gasteiger partial charge in [0.2, 0.25) is 0 Å². The zero-order valence-electron chi connectivity index (χ0n) is 9.63. The summed E-state index contributed by atoms with van der Waals surface area (Å²) in [7, 11) is 0. The quantitative estimate of drug-likeness (QED) is 0.803. The lowest BCUT2D eigenvalue weighted by atomic mass is 9.86. The highest BCUT2D eigenvalue weighted by Crippen LogP contribution is 2.25. The maximum Gasteiger partial charge on any atom is 0.00136 e. The topological polar surface area (TPSA) is 26.0 Å². The number of fused-ring (bicyclic) bond motifs is 1. The Kier molecular flexibility index (Phi) is 3.42. The average molecular weight is 203 g/mol. The van der Waals surface area contributed by atoms with Crippen molar-refractivity contribution in [2.75, 3.05) is 0 Å². The van der Waals surface area contributed by atoms with Crippen molar-refractivity contribution in [3.63, 3.8) is 0 Å². The Labute approximate surface area is 92.7 Å². The van der Waals surface area contributed by atoms with Crippen LogP contribution in [0.2, 0.25) is 0 Å². The van der Waals surface area contributed by atoms with Gasteiger partial charge in [-0.2, -0.15) is 0 Å². The van der Waals surface area contributed by atoms with Crippen LogP contribution in [0.4, 0.5) is 0 Å². The van der Waals surface area contributed by atoms with E-state index in [0.717, 1.165) is 12.8 Å². The molecule has 0 aromatic heterocycles. The highest BCUT2D eigenvalue weighted by Gasteiger charge is 2.12. The van der Waals surface area contributed by atoms with Crippen LogP contribution in [0.5, 0.6) is 0 Å². The minimum Gasteiger partial charge on any atom is -0.328 e. The zero-order chi connectivity index (χ0) is 10.7. The highest BCUT2D eigenvalue weighted by atomic mass is 14.6. The molecule has 1 aliphatic carbocycles. The fraction of sp³-hybridized carbons (Fsp3) is 0.571. The van der Waals surface area contributed by atoms with Gasteiger partial charge in [0, 0.05) is 6.04 Å². The molecular weight excluding hydrogens is 182 g/mol. The van der Waals surface area contributed by atoms with E-state index in [1.165, 1.54) is 25.7 Å². The largest absolute Gasteiger partial charge is 0.328 e. The molecule has 0 radical (unpaired) electrons. The summed E-state index contributed by atoms with van der Waals surface area (Å²) >= 11 is 0. The van der Waals surface area contributed by atoms with Gasteiger partial charge in [0.15, 0.2) is 0 Å². The normalized spacial score (nSPS) is 17.2. The van der Waals surface area contributed by atoms with Crippen molar-refractivity contribution in [3.8, 4) is 0 Å². The third-order valence-electron chi connectivity index (χ3n) is 3.36. The molecular formula is C14H21N. The van der Waals surface area contributed by atoms with Gasteiger partial charge in [0.05, 0.1) is 0 Å². The Morgan fingerprint density at radius 1 is 1.27 bits per heavy atom. The van der Waals surface area contributed by atoms with Crippen molar-refractivity contribution >= 4 is 0 Å². The van der Waals surface area contributed by atoms with Gasteiger partial charge in [-0.25, -0.2) is 0 Å². The van der Waals surface area contributed by atoms with E-state index in [2.05, 4.69) is 25.1 Å². The zero-order valence-corrected chi connectivity index (χ0v) is 9.63. The van der Waals surface area contributed by atoms with Crippen LogP contribution in [0.1, 0.15) is 42.9 Å². The summed E-state index contributed by atoms with van der Waals surface area (Å²) < 4.78 is 0. The van der Waals surface area contributed by atoms with E-state index < -0.39 is 0 Å². The first-order chi connectivity index (χ1) is 7.27. The smallest absolute Gasteiger partial charge is 0.00136 e. The van der Waals surface area contributed by atoms with Crippen molar-refractivity contribution in [2.24, 2.45) is 5.73 Å².